The molecule has 1 aromatic rings. The van der Waals surface area contributed by atoms with E-state index in [4.69, 9.17) is 5.73 Å². The first-order chi connectivity index (χ1) is 5.24. The lowest BCUT2D eigenvalue weighted by atomic mass is 10.2. The SMILES string of the molecule is CCn1cncc1C[C@@H](C)N. The molecule has 0 spiro atoms. The second kappa shape index (κ2) is 3.53. The fourth-order valence-corrected chi connectivity index (χ4v) is 1.13. The Morgan fingerprint density at radius 2 is 2.45 bits per heavy atom. The lowest BCUT2D eigenvalue weighted by Gasteiger charge is -2.06. The molecule has 0 saturated carbocycles. The van der Waals surface area contributed by atoms with Gasteiger partial charge in [-0.2, -0.15) is 0 Å². The topological polar surface area (TPSA) is 43.8 Å². The lowest BCUT2D eigenvalue weighted by molar-refractivity contribution is 0.653. The Hall–Kier alpha value is -0.830. The Balaban J connectivity index is 2.68. The fourth-order valence-electron chi connectivity index (χ4n) is 1.13. The van der Waals surface area contributed by atoms with Crippen molar-refractivity contribution in [2.24, 2.45) is 5.73 Å². The first kappa shape index (κ1) is 8.27. The molecular formula is C8H15N3. The van der Waals surface area contributed by atoms with Crippen molar-refractivity contribution in [3.05, 3.63) is 18.2 Å². The van der Waals surface area contributed by atoms with Crippen molar-refractivity contribution in [1.82, 2.24) is 9.55 Å². The lowest BCUT2D eigenvalue weighted by Crippen LogP contribution is -2.19. The number of rotatable bonds is 3. The van der Waals surface area contributed by atoms with E-state index < -0.39 is 0 Å². The van der Waals surface area contributed by atoms with E-state index in [2.05, 4.69) is 16.5 Å². The minimum absolute atomic E-state index is 0.219. The van der Waals surface area contributed by atoms with Crippen molar-refractivity contribution in [3.63, 3.8) is 0 Å². The smallest absolute Gasteiger partial charge is 0.0948 e. The third-order valence-electron chi connectivity index (χ3n) is 1.67. The molecule has 2 N–H and O–H groups in total. The maximum atomic E-state index is 5.67. The van der Waals surface area contributed by atoms with Gasteiger partial charge in [0.25, 0.3) is 0 Å². The summed E-state index contributed by atoms with van der Waals surface area (Å²) in [6.45, 7) is 5.08. The van der Waals surface area contributed by atoms with E-state index in [9.17, 15) is 0 Å². The Bertz CT molecular complexity index is 215. The largest absolute Gasteiger partial charge is 0.335 e. The van der Waals surface area contributed by atoms with Crippen molar-refractivity contribution in [3.8, 4) is 0 Å². The summed E-state index contributed by atoms with van der Waals surface area (Å²) in [4.78, 5) is 4.05. The molecule has 0 aliphatic carbocycles. The summed E-state index contributed by atoms with van der Waals surface area (Å²) in [6.07, 6.45) is 4.64. The molecule has 1 heterocycles. The van der Waals surface area contributed by atoms with Crippen LogP contribution in [0.3, 0.4) is 0 Å². The van der Waals surface area contributed by atoms with Gasteiger partial charge >= 0.3 is 0 Å². The normalized spacial score (nSPS) is 13.4. The Labute approximate surface area is 67.2 Å². The highest BCUT2D eigenvalue weighted by atomic mass is 15.0. The average Bonchev–Trinajstić information content (AvgIpc) is 2.34. The van der Waals surface area contributed by atoms with Gasteiger partial charge in [-0.05, 0) is 13.8 Å². The zero-order valence-electron chi connectivity index (χ0n) is 7.12. The van der Waals surface area contributed by atoms with Crippen LogP contribution in [0.15, 0.2) is 12.5 Å². The van der Waals surface area contributed by atoms with E-state index in [0.29, 0.717) is 0 Å². The highest BCUT2D eigenvalue weighted by molar-refractivity contribution is 4.99. The molecule has 3 nitrogen and oxygen atoms in total. The van der Waals surface area contributed by atoms with Crippen LogP contribution in [0.25, 0.3) is 0 Å². The van der Waals surface area contributed by atoms with Crippen LogP contribution in [-0.4, -0.2) is 15.6 Å². The molecule has 62 valence electrons. The highest BCUT2D eigenvalue weighted by Crippen LogP contribution is 2.01. The Morgan fingerprint density at radius 1 is 1.73 bits per heavy atom. The number of hydrogen-bond donors (Lipinski definition) is 1. The van der Waals surface area contributed by atoms with Gasteiger partial charge in [-0.25, -0.2) is 4.98 Å². The van der Waals surface area contributed by atoms with Crippen LogP contribution in [0.4, 0.5) is 0 Å². The van der Waals surface area contributed by atoms with E-state index in [1.165, 1.54) is 5.69 Å². The number of imidazole rings is 1. The molecule has 0 unspecified atom stereocenters. The van der Waals surface area contributed by atoms with Crippen LogP contribution < -0.4 is 5.73 Å². The highest BCUT2D eigenvalue weighted by Gasteiger charge is 2.02. The first-order valence-corrected chi connectivity index (χ1v) is 3.98. The van der Waals surface area contributed by atoms with Gasteiger partial charge in [0.2, 0.25) is 0 Å². The molecular weight excluding hydrogens is 138 g/mol. The van der Waals surface area contributed by atoms with Gasteiger partial charge < -0.3 is 10.3 Å². The molecule has 3 heteroatoms. The molecule has 0 saturated heterocycles. The van der Waals surface area contributed by atoms with Crippen molar-refractivity contribution < 1.29 is 0 Å². The van der Waals surface area contributed by atoms with E-state index in [-0.39, 0.29) is 6.04 Å². The van der Waals surface area contributed by atoms with Crippen molar-refractivity contribution >= 4 is 0 Å². The van der Waals surface area contributed by atoms with E-state index in [1.807, 2.05) is 19.4 Å². The molecule has 0 radical (unpaired) electrons. The summed E-state index contributed by atoms with van der Waals surface area (Å²) in [5.74, 6) is 0. The molecule has 0 bridgehead atoms. The Kier molecular flexibility index (Phi) is 2.65. The van der Waals surface area contributed by atoms with Gasteiger partial charge in [0.1, 0.15) is 0 Å². The van der Waals surface area contributed by atoms with E-state index >= 15 is 0 Å². The van der Waals surface area contributed by atoms with Gasteiger partial charge in [-0.1, -0.05) is 0 Å². The summed E-state index contributed by atoms with van der Waals surface area (Å²) in [6, 6.07) is 0.219. The number of aryl methyl sites for hydroxylation is 1. The zero-order chi connectivity index (χ0) is 8.27. The molecule has 11 heavy (non-hydrogen) atoms. The summed E-state index contributed by atoms with van der Waals surface area (Å²) >= 11 is 0. The minimum atomic E-state index is 0.219. The summed E-state index contributed by atoms with van der Waals surface area (Å²) in [5, 5.41) is 0. The maximum absolute atomic E-state index is 5.67. The third-order valence-corrected chi connectivity index (χ3v) is 1.67. The zero-order valence-corrected chi connectivity index (χ0v) is 7.12. The molecule has 1 rings (SSSR count). The van der Waals surface area contributed by atoms with Gasteiger partial charge in [0, 0.05) is 30.9 Å². The fraction of sp³-hybridized carbons (Fsp3) is 0.625. The summed E-state index contributed by atoms with van der Waals surface area (Å²) < 4.78 is 2.11. The van der Waals surface area contributed by atoms with Crippen molar-refractivity contribution in [1.29, 1.82) is 0 Å². The summed E-state index contributed by atoms with van der Waals surface area (Å²) in [5.41, 5.74) is 6.89. The van der Waals surface area contributed by atoms with E-state index in [0.717, 1.165) is 13.0 Å². The van der Waals surface area contributed by atoms with Gasteiger partial charge in [-0.3, -0.25) is 0 Å². The molecule has 0 aliphatic heterocycles. The molecule has 0 aromatic carbocycles. The van der Waals surface area contributed by atoms with Crippen LogP contribution in [0.2, 0.25) is 0 Å². The van der Waals surface area contributed by atoms with Gasteiger partial charge in [0.05, 0.1) is 6.33 Å². The molecule has 1 aromatic heterocycles. The Morgan fingerprint density at radius 3 is 3.00 bits per heavy atom. The third kappa shape index (κ3) is 2.05. The average molecular weight is 153 g/mol. The van der Waals surface area contributed by atoms with Crippen LogP contribution in [0, 0.1) is 0 Å². The van der Waals surface area contributed by atoms with Crippen molar-refractivity contribution in [2.45, 2.75) is 32.9 Å². The first-order valence-electron chi connectivity index (χ1n) is 3.98. The van der Waals surface area contributed by atoms with Crippen LogP contribution in [0.5, 0.6) is 0 Å². The van der Waals surface area contributed by atoms with Gasteiger partial charge in [-0.15, -0.1) is 0 Å². The second-order valence-electron chi connectivity index (χ2n) is 2.85. The van der Waals surface area contributed by atoms with Crippen LogP contribution in [0.1, 0.15) is 19.5 Å². The van der Waals surface area contributed by atoms with Crippen LogP contribution >= 0.6 is 0 Å². The van der Waals surface area contributed by atoms with Crippen molar-refractivity contribution in [2.75, 3.05) is 0 Å². The predicted octanol–water partition coefficient (Wildman–Crippen LogP) is 0.793. The minimum Gasteiger partial charge on any atom is -0.335 e. The number of nitrogens with zero attached hydrogens (tertiary/aromatic N) is 2. The number of aromatic nitrogens is 2. The maximum Gasteiger partial charge on any atom is 0.0948 e. The quantitative estimate of drug-likeness (QED) is 0.697. The molecule has 0 fully saturated rings. The van der Waals surface area contributed by atoms with E-state index in [1.54, 1.807) is 0 Å². The van der Waals surface area contributed by atoms with Crippen LogP contribution in [-0.2, 0) is 13.0 Å². The molecule has 1 atom stereocenters. The predicted molar refractivity (Wildman–Crippen MR) is 45.3 cm³/mol. The number of hydrogen-bond acceptors (Lipinski definition) is 2. The molecule has 0 amide bonds. The molecule has 0 aliphatic rings. The monoisotopic (exact) mass is 153 g/mol. The standard InChI is InChI=1S/C8H15N3/c1-3-11-6-10-5-8(11)4-7(2)9/h5-7H,3-4,9H2,1-2H3/t7-/m1/s1. The summed E-state index contributed by atoms with van der Waals surface area (Å²) in [7, 11) is 0. The number of nitrogens with two attached hydrogens (primary N) is 1. The second-order valence-corrected chi connectivity index (χ2v) is 2.85. The van der Waals surface area contributed by atoms with Gasteiger partial charge in [0.15, 0.2) is 0 Å².